The van der Waals surface area contributed by atoms with Gasteiger partial charge in [-0.1, -0.05) is 12.1 Å². The van der Waals surface area contributed by atoms with Gasteiger partial charge in [0.15, 0.2) is 0 Å². The first-order valence-electron chi connectivity index (χ1n) is 6.41. The summed E-state index contributed by atoms with van der Waals surface area (Å²) < 4.78 is 29.0. The van der Waals surface area contributed by atoms with E-state index in [0.29, 0.717) is 22.8 Å². The van der Waals surface area contributed by atoms with E-state index in [1.165, 1.54) is 12.1 Å². The molecular formula is C16H18FNO3. The van der Waals surface area contributed by atoms with Crippen LogP contribution in [0.3, 0.4) is 0 Å². The van der Waals surface area contributed by atoms with Crippen molar-refractivity contribution in [1.82, 2.24) is 0 Å². The van der Waals surface area contributed by atoms with E-state index < -0.39 is 6.04 Å². The largest absolute Gasteiger partial charge is 0.496 e. The Balaban J connectivity index is 2.52. The van der Waals surface area contributed by atoms with Crippen LogP contribution in [0.5, 0.6) is 17.2 Å². The zero-order valence-electron chi connectivity index (χ0n) is 12.2. The molecule has 1 atom stereocenters. The molecule has 4 nitrogen and oxygen atoms in total. The molecule has 5 heteroatoms. The quantitative estimate of drug-likeness (QED) is 0.920. The van der Waals surface area contributed by atoms with Crippen LogP contribution in [0, 0.1) is 5.82 Å². The van der Waals surface area contributed by atoms with Gasteiger partial charge in [-0.15, -0.1) is 0 Å². The van der Waals surface area contributed by atoms with E-state index in [4.69, 9.17) is 19.9 Å². The van der Waals surface area contributed by atoms with Gasteiger partial charge >= 0.3 is 0 Å². The van der Waals surface area contributed by atoms with Crippen LogP contribution >= 0.6 is 0 Å². The maximum atomic E-state index is 13.0. The van der Waals surface area contributed by atoms with E-state index in [2.05, 4.69) is 0 Å². The van der Waals surface area contributed by atoms with Crippen molar-refractivity contribution in [2.75, 3.05) is 21.3 Å². The van der Waals surface area contributed by atoms with Gasteiger partial charge in [-0.05, 0) is 17.7 Å². The lowest BCUT2D eigenvalue weighted by molar-refractivity contribution is 0.366. The molecule has 2 rings (SSSR count). The average Bonchev–Trinajstić information content (AvgIpc) is 2.53. The number of hydrogen-bond donors (Lipinski definition) is 1. The molecule has 0 fully saturated rings. The summed E-state index contributed by atoms with van der Waals surface area (Å²) in [4.78, 5) is 0. The normalized spacial score (nSPS) is 11.9. The van der Waals surface area contributed by atoms with Crippen molar-refractivity contribution in [2.45, 2.75) is 6.04 Å². The van der Waals surface area contributed by atoms with Gasteiger partial charge in [-0.2, -0.15) is 0 Å². The van der Waals surface area contributed by atoms with Gasteiger partial charge in [0, 0.05) is 12.1 Å². The molecule has 0 aliphatic rings. The molecule has 0 saturated carbocycles. The summed E-state index contributed by atoms with van der Waals surface area (Å²) in [6.07, 6.45) is 0. The zero-order chi connectivity index (χ0) is 15.4. The highest BCUT2D eigenvalue weighted by Gasteiger charge is 2.21. The Morgan fingerprint density at radius 2 is 1.43 bits per heavy atom. The Morgan fingerprint density at radius 3 is 1.86 bits per heavy atom. The fourth-order valence-corrected chi connectivity index (χ4v) is 2.18. The topological polar surface area (TPSA) is 53.7 Å². The monoisotopic (exact) mass is 291 g/mol. The van der Waals surface area contributed by atoms with Crippen molar-refractivity contribution in [3.8, 4) is 17.2 Å². The highest BCUT2D eigenvalue weighted by molar-refractivity contribution is 5.54. The highest BCUT2D eigenvalue weighted by Crippen LogP contribution is 2.39. The fourth-order valence-electron chi connectivity index (χ4n) is 2.18. The maximum absolute atomic E-state index is 13.0. The van der Waals surface area contributed by atoms with Crippen molar-refractivity contribution in [2.24, 2.45) is 5.73 Å². The highest BCUT2D eigenvalue weighted by atomic mass is 19.1. The molecule has 0 amide bonds. The second kappa shape index (κ2) is 6.45. The SMILES string of the molecule is COc1cc(OC)c(C(N)c2ccc(F)cc2)c(OC)c1. The third-order valence-electron chi connectivity index (χ3n) is 3.29. The number of rotatable bonds is 5. The first kappa shape index (κ1) is 15.1. The molecule has 0 radical (unpaired) electrons. The van der Waals surface area contributed by atoms with E-state index in [-0.39, 0.29) is 5.82 Å². The Bertz CT molecular complexity index is 588. The lowest BCUT2D eigenvalue weighted by Gasteiger charge is -2.20. The molecule has 2 N–H and O–H groups in total. The van der Waals surface area contributed by atoms with Crippen LogP contribution in [-0.2, 0) is 0 Å². The van der Waals surface area contributed by atoms with E-state index in [0.717, 1.165) is 5.56 Å². The van der Waals surface area contributed by atoms with Gasteiger partial charge in [0.1, 0.15) is 23.1 Å². The number of ether oxygens (including phenoxy) is 3. The summed E-state index contributed by atoms with van der Waals surface area (Å²) in [7, 11) is 4.66. The Labute approximate surface area is 123 Å². The molecule has 0 bridgehead atoms. The standard InChI is InChI=1S/C16H18FNO3/c1-19-12-8-13(20-2)15(14(9-12)21-3)16(18)10-4-6-11(17)7-5-10/h4-9,16H,18H2,1-3H3. The molecule has 0 aliphatic carbocycles. The molecule has 2 aromatic rings. The maximum Gasteiger partial charge on any atom is 0.131 e. The Hall–Kier alpha value is -2.27. The summed E-state index contributed by atoms with van der Waals surface area (Å²) in [5, 5.41) is 0. The van der Waals surface area contributed by atoms with Gasteiger partial charge < -0.3 is 19.9 Å². The predicted molar refractivity (Wildman–Crippen MR) is 78.5 cm³/mol. The minimum Gasteiger partial charge on any atom is -0.496 e. The van der Waals surface area contributed by atoms with Gasteiger partial charge in [0.25, 0.3) is 0 Å². The minimum atomic E-state index is -0.499. The van der Waals surface area contributed by atoms with Crippen molar-refractivity contribution < 1.29 is 18.6 Å². The zero-order valence-corrected chi connectivity index (χ0v) is 12.2. The molecule has 0 heterocycles. The molecule has 2 aromatic carbocycles. The summed E-state index contributed by atoms with van der Waals surface area (Å²) >= 11 is 0. The molecule has 0 aromatic heterocycles. The number of nitrogens with two attached hydrogens (primary N) is 1. The van der Waals surface area contributed by atoms with Gasteiger partial charge in [0.05, 0.1) is 32.9 Å². The molecule has 0 spiro atoms. The summed E-state index contributed by atoms with van der Waals surface area (Å²) in [6.45, 7) is 0. The van der Waals surface area contributed by atoms with Gasteiger partial charge in [0.2, 0.25) is 0 Å². The second-order valence-electron chi connectivity index (χ2n) is 4.47. The molecule has 21 heavy (non-hydrogen) atoms. The molecule has 112 valence electrons. The third kappa shape index (κ3) is 3.08. The summed E-state index contributed by atoms with van der Waals surface area (Å²) in [6, 6.07) is 9.01. The van der Waals surface area contributed by atoms with E-state index in [9.17, 15) is 4.39 Å². The first-order chi connectivity index (χ1) is 10.1. The van der Waals surface area contributed by atoms with Crippen LogP contribution in [0.25, 0.3) is 0 Å². The Kier molecular flexibility index (Phi) is 4.65. The third-order valence-corrected chi connectivity index (χ3v) is 3.29. The summed E-state index contributed by atoms with van der Waals surface area (Å²) in [5.74, 6) is 1.42. The van der Waals surface area contributed by atoms with E-state index in [1.807, 2.05) is 0 Å². The van der Waals surface area contributed by atoms with E-state index >= 15 is 0 Å². The van der Waals surface area contributed by atoms with Crippen LogP contribution in [0.1, 0.15) is 17.2 Å². The Morgan fingerprint density at radius 1 is 0.905 bits per heavy atom. The second-order valence-corrected chi connectivity index (χ2v) is 4.47. The van der Waals surface area contributed by atoms with E-state index in [1.54, 1.807) is 45.6 Å². The van der Waals surface area contributed by atoms with Gasteiger partial charge in [-0.25, -0.2) is 4.39 Å². The molecule has 1 unspecified atom stereocenters. The number of halogens is 1. The van der Waals surface area contributed by atoms with Crippen LogP contribution < -0.4 is 19.9 Å². The van der Waals surface area contributed by atoms with Crippen LogP contribution in [0.2, 0.25) is 0 Å². The van der Waals surface area contributed by atoms with Crippen LogP contribution in [0.4, 0.5) is 4.39 Å². The number of methoxy groups -OCH3 is 3. The lowest BCUT2D eigenvalue weighted by atomic mass is 9.97. The van der Waals surface area contributed by atoms with Crippen molar-refractivity contribution in [3.05, 3.63) is 53.3 Å². The fraction of sp³-hybridized carbons (Fsp3) is 0.250. The minimum absolute atomic E-state index is 0.306. The predicted octanol–water partition coefficient (Wildman–Crippen LogP) is 2.90. The average molecular weight is 291 g/mol. The smallest absolute Gasteiger partial charge is 0.131 e. The van der Waals surface area contributed by atoms with Crippen molar-refractivity contribution in [3.63, 3.8) is 0 Å². The van der Waals surface area contributed by atoms with Gasteiger partial charge in [-0.3, -0.25) is 0 Å². The van der Waals surface area contributed by atoms with Crippen LogP contribution in [0.15, 0.2) is 36.4 Å². The lowest BCUT2D eigenvalue weighted by Crippen LogP contribution is -2.14. The number of hydrogen-bond acceptors (Lipinski definition) is 4. The number of benzene rings is 2. The van der Waals surface area contributed by atoms with Crippen molar-refractivity contribution in [1.29, 1.82) is 0 Å². The van der Waals surface area contributed by atoms with Crippen molar-refractivity contribution >= 4 is 0 Å². The molecular weight excluding hydrogens is 273 g/mol. The summed E-state index contributed by atoms with van der Waals surface area (Å²) in [5.41, 5.74) is 7.74. The first-order valence-corrected chi connectivity index (χ1v) is 6.41. The molecule has 0 aliphatic heterocycles. The molecule has 0 saturated heterocycles. The van der Waals surface area contributed by atoms with Crippen LogP contribution in [-0.4, -0.2) is 21.3 Å².